The van der Waals surface area contributed by atoms with Crippen LogP contribution < -0.4 is 5.73 Å². The minimum atomic E-state index is -3.42. The summed E-state index contributed by atoms with van der Waals surface area (Å²) in [4.78, 5) is 6.46. The number of nitrogen functional groups attached to an aromatic ring is 1. The average Bonchev–Trinajstić information content (AvgIpc) is 3.24. The molecular weight excluding hydrogens is 264 g/mol. The molecule has 0 amide bonds. The first kappa shape index (κ1) is 12.8. The number of anilines is 1. The zero-order valence-electron chi connectivity index (χ0n) is 10.7. The Morgan fingerprint density at radius 2 is 1.84 bits per heavy atom. The fraction of sp³-hybridized carbons (Fsp3) is 0.583. The molecule has 0 unspecified atom stereocenters. The molecule has 2 N–H and O–H groups in total. The molecular formula is C12H18N4O2S. The van der Waals surface area contributed by atoms with E-state index in [4.69, 9.17) is 5.73 Å². The van der Waals surface area contributed by atoms with Crippen molar-refractivity contribution in [1.29, 1.82) is 0 Å². The number of nitrogens with two attached hydrogens (primary N) is 1. The van der Waals surface area contributed by atoms with Crippen molar-refractivity contribution in [1.82, 2.24) is 14.2 Å². The molecule has 1 saturated carbocycles. The van der Waals surface area contributed by atoms with Crippen LogP contribution in [0, 0.1) is 0 Å². The van der Waals surface area contributed by atoms with E-state index < -0.39 is 10.0 Å². The Kier molecular flexibility index (Phi) is 3.20. The Hall–Kier alpha value is -1.18. The van der Waals surface area contributed by atoms with Crippen LogP contribution in [0.2, 0.25) is 0 Å². The number of hydrogen-bond acceptors (Lipinski definition) is 5. The lowest BCUT2D eigenvalue weighted by atomic mass is 10.3. The van der Waals surface area contributed by atoms with Gasteiger partial charge in [-0.05, 0) is 25.0 Å². The fourth-order valence-corrected chi connectivity index (χ4v) is 3.81. The first-order valence-electron chi connectivity index (χ1n) is 6.53. The highest BCUT2D eigenvalue weighted by Crippen LogP contribution is 2.28. The predicted octanol–water partition coefficient (Wildman–Crippen LogP) is 0.132. The SMILES string of the molecule is Nc1ccc(S(=O)(=O)N2CCN(C3CC3)CC2)cn1. The summed E-state index contributed by atoms with van der Waals surface area (Å²) in [5.41, 5.74) is 5.48. The van der Waals surface area contributed by atoms with E-state index in [0.717, 1.165) is 13.1 Å². The standard InChI is InChI=1S/C12H18N4O2S/c13-12-4-3-11(9-14-12)19(17,18)16-7-5-15(6-8-16)10-1-2-10/h3-4,9-10H,1-2,5-8H2,(H2,13,14). The molecule has 0 aromatic carbocycles. The number of nitrogens with zero attached hydrogens (tertiary/aromatic N) is 3. The number of aromatic nitrogens is 1. The lowest BCUT2D eigenvalue weighted by Gasteiger charge is -2.33. The highest BCUT2D eigenvalue weighted by atomic mass is 32.2. The second-order valence-corrected chi connectivity index (χ2v) is 7.03. The van der Waals surface area contributed by atoms with Crippen molar-refractivity contribution in [3.05, 3.63) is 18.3 Å². The van der Waals surface area contributed by atoms with Crippen molar-refractivity contribution in [2.45, 2.75) is 23.8 Å². The van der Waals surface area contributed by atoms with Crippen molar-refractivity contribution in [2.24, 2.45) is 0 Å². The normalized spacial score (nSPS) is 22.5. The van der Waals surface area contributed by atoms with Gasteiger partial charge in [0.05, 0.1) is 0 Å². The molecule has 2 fully saturated rings. The van der Waals surface area contributed by atoms with Gasteiger partial charge in [0.15, 0.2) is 0 Å². The fourth-order valence-electron chi connectivity index (χ4n) is 2.44. The molecule has 104 valence electrons. The molecule has 7 heteroatoms. The average molecular weight is 282 g/mol. The van der Waals surface area contributed by atoms with Gasteiger partial charge in [0.1, 0.15) is 10.7 Å². The molecule has 1 saturated heterocycles. The zero-order valence-corrected chi connectivity index (χ0v) is 11.5. The number of hydrogen-bond donors (Lipinski definition) is 1. The lowest BCUT2D eigenvalue weighted by Crippen LogP contribution is -2.49. The summed E-state index contributed by atoms with van der Waals surface area (Å²) in [6, 6.07) is 3.74. The van der Waals surface area contributed by atoms with Gasteiger partial charge >= 0.3 is 0 Å². The predicted molar refractivity (Wildman–Crippen MR) is 72.0 cm³/mol. The molecule has 1 aromatic rings. The number of pyridine rings is 1. The Morgan fingerprint density at radius 3 is 2.37 bits per heavy atom. The maximum Gasteiger partial charge on any atom is 0.244 e. The molecule has 0 radical (unpaired) electrons. The van der Waals surface area contributed by atoms with E-state index in [1.807, 2.05) is 0 Å². The smallest absolute Gasteiger partial charge is 0.244 e. The van der Waals surface area contributed by atoms with Gasteiger partial charge in [-0.25, -0.2) is 13.4 Å². The van der Waals surface area contributed by atoms with E-state index in [0.29, 0.717) is 24.9 Å². The quantitative estimate of drug-likeness (QED) is 0.852. The summed E-state index contributed by atoms with van der Waals surface area (Å²) in [7, 11) is -3.42. The van der Waals surface area contributed by atoms with Crippen LogP contribution in [0.15, 0.2) is 23.2 Å². The summed E-state index contributed by atoms with van der Waals surface area (Å²) in [6.45, 7) is 2.77. The van der Waals surface area contributed by atoms with Crippen molar-refractivity contribution in [2.75, 3.05) is 31.9 Å². The van der Waals surface area contributed by atoms with Crippen molar-refractivity contribution in [3.8, 4) is 0 Å². The minimum Gasteiger partial charge on any atom is -0.384 e. The molecule has 19 heavy (non-hydrogen) atoms. The van der Waals surface area contributed by atoms with Gasteiger partial charge in [0.25, 0.3) is 0 Å². The summed E-state index contributed by atoms with van der Waals surface area (Å²) in [5, 5.41) is 0. The lowest BCUT2D eigenvalue weighted by molar-refractivity contribution is 0.180. The maximum atomic E-state index is 12.4. The highest BCUT2D eigenvalue weighted by Gasteiger charge is 2.34. The largest absolute Gasteiger partial charge is 0.384 e. The van der Waals surface area contributed by atoms with E-state index in [-0.39, 0.29) is 4.90 Å². The van der Waals surface area contributed by atoms with E-state index in [9.17, 15) is 8.42 Å². The third-order valence-electron chi connectivity index (χ3n) is 3.73. The molecule has 0 atom stereocenters. The Labute approximate surface area is 113 Å². The molecule has 2 aliphatic rings. The van der Waals surface area contributed by atoms with Gasteiger partial charge in [-0.1, -0.05) is 0 Å². The molecule has 1 aliphatic carbocycles. The van der Waals surface area contributed by atoms with Gasteiger partial charge in [0.2, 0.25) is 10.0 Å². The minimum absolute atomic E-state index is 0.224. The summed E-state index contributed by atoms with van der Waals surface area (Å²) in [6.07, 6.45) is 3.85. The molecule has 6 nitrogen and oxygen atoms in total. The topological polar surface area (TPSA) is 79.5 Å². The van der Waals surface area contributed by atoms with Crippen LogP contribution in [0.3, 0.4) is 0 Å². The molecule has 2 heterocycles. The Balaban J connectivity index is 1.72. The third kappa shape index (κ3) is 2.58. The van der Waals surface area contributed by atoms with Crippen LogP contribution >= 0.6 is 0 Å². The molecule has 3 rings (SSSR count). The van der Waals surface area contributed by atoms with Crippen molar-refractivity contribution >= 4 is 15.8 Å². The second-order valence-electron chi connectivity index (χ2n) is 5.09. The van der Waals surface area contributed by atoms with Crippen LogP contribution in [-0.4, -0.2) is 54.8 Å². The Morgan fingerprint density at radius 1 is 1.16 bits per heavy atom. The molecule has 1 aromatic heterocycles. The zero-order chi connectivity index (χ0) is 13.5. The van der Waals surface area contributed by atoms with Gasteiger partial charge in [-0.3, -0.25) is 4.90 Å². The first-order valence-corrected chi connectivity index (χ1v) is 7.97. The Bertz CT molecular complexity index is 546. The summed E-state index contributed by atoms with van der Waals surface area (Å²) >= 11 is 0. The summed E-state index contributed by atoms with van der Waals surface area (Å²) in [5.74, 6) is 0.331. The van der Waals surface area contributed by atoms with Gasteiger partial charge in [-0.15, -0.1) is 0 Å². The molecule has 0 spiro atoms. The van der Waals surface area contributed by atoms with Crippen molar-refractivity contribution < 1.29 is 8.42 Å². The molecule has 0 bridgehead atoms. The van der Waals surface area contributed by atoms with Gasteiger partial charge in [0, 0.05) is 38.4 Å². The van der Waals surface area contributed by atoms with E-state index in [2.05, 4.69) is 9.88 Å². The first-order chi connectivity index (χ1) is 9.07. The maximum absolute atomic E-state index is 12.4. The number of rotatable bonds is 3. The van der Waals surface area contributed by atoms with Gasteiger partial charge in [-0.2, -0.15) is 4.31 Å². The monoisotopic (exact) mass is 282 g/mol. The van der Waals surface area contributed by atoms with Crippen LogP contribution in [-0.2, 0) is 10.0 Å². The van der Waals surface area contributed by atoms with E-state index in [1.54, 1.807) is 4.31 Å². The van der Waals surface area contributed by atoms with Crippen LogP contribution in [0.25, 0.3) is 0 Å². The van der Waals surface area contributed by atoms with Crippen LogP contribution in [0.4, 0.5) is 5.82 Å². The summed E-state index contributed by atoms with van der Waals surface area (Å²) < 4.78 is 26.4. The van der Waals surface area contributed by atoms with Crippen LogP contribution in [0.5, 0.6) is 0 Å². The van der Waals surface area contributed by atoms with E-state index in [1.165, 1.54) is 31.2 Å². The number of sulfonamides is 1. The highest BCUT2D eigenvalue weighted by molar-refractivity contribution is 7.89. The molecule has 1 aliphatic heterocycles. The van der Waals surface area contributed by atoms with Crippen molar-refractivity contribution in [3.63, 3.8) is 0 Å². The number of piperazine rings is 1. The van der Waals surface area contributed by atoms with Crippen LogP contribution in [0.1, 0.15) is 12.8 Å². The third-order valence-corrected chi connectivity index (χ3v) is 5.62. The van der Waals surface area contributed by atoms with E-state index >= 15 is 0 Å². The second kappa shape index (κ2) is 4.73. The van der Waals surface area contributed by atoms with Gasteiger partial charge < -0.3 is 5.73 Å².